The van der Waals surface area contributed by atoms with Gasteiger partial charge in [-0.25, -0.2) is 0 Å². The van der Waals surface area contributed by atoms with Crippen LogP contribution >= 0.6 is 0 Å². The standard InChI is InChI=1S/C53H40N2.Pt/c1-53(2,49-29-37(31-9-5-3-6-10-31)27-47(54-49)35-17-23-43-45(25-35)33-13-19-39-40(20-14-33)51(39)43)50-30-38(32-11-7-4-8-12-32)28-48(55-50)36-18-24-44-46(26-36)34-15-21-41-42(22-16-34)52(41)44;/h3-16,19-30,33-34,39-42,51-52H,1-2H3;/q-2;+2. The van der Waals surface area contributed by atoms with E-state index in [0.29, 0.717) is 47.3 Å². The number of nitrogens with zero attached hydrogens (tertiary/aromatic N) is 2. The smallest absolute Gasteiger partial charge is 0.300 e. The summed E-state index contributed by atoms with van der Waals surface area (Å²) in [4.78, 5) is 11.0. The molecule has 0 spiro atoms. The van der Waals surface area contributed by atoms with Crippen LogP contribution in [0.3, 0.4) is 0 Å². The molecule has 8 aliphatic rings. The van der Waals surface area contributed by atoms with Crippen molar-refractivity contribution in [2.45, 2.75) is 42.9 Å². The van der Waals surface area contributed by atoms with Gasteiger partial charge in [-0.3, -0.25) is 0 Å². The van der Waals surface area contributed by atoms with E-state index in [-0.39, 0.29) is 21.1 Å². The average molecular weight is 900 g/mol. The zero-order chi connectivity index (χ0) is 36.4. The summed E-state index contributed by atoms with van der Waals surface area (Å²) >= 11 is 0. The van der Waals surface area contributed by atoms with Crippen molar-refractivity contribution in [3.05, 3.63) is 204 Å². The first-order valence-electron chi connectivity index (χ1n) is 20.0. The van der Waals surface area contributed by atoms with Crippen LogP contribution in [0.15, 0.2) is 158 Å². The first-order valence-corrected chi connectivity index (χ1v) is 20.0. The second-order valence-corrected chi connectivity index (χ2v) is 17.1. The SMILES string of the molecule is CC(C)(c1cc(-c2ccccc2)cc(-c2[c-]cc3c(c2)C2C=CC4C(C=C2)C34)n1)c1cc(-c2ccccc2)cc(-c2[c-]cc3c(c2)C2C=CC4C(C=C2)C34)n1.[Pt+2]. The number of rotatable bonds is 6. The van der Waals surface area contributed by atoms with Crippen LogP contribution in [-0.2, 0) is 26.5 Å². The maximum Gasteiger partial charge on any atom is 2.00 e. The topological polar surface area (TPSA) is 25.8 Å². The third-order valence-electron chi connectivity index (χ3n) is 13.6. The number of hydrogen-bond acceptors (Lipinski definition) is 2. The third kappa shape index (κ3) is 5.33. The summed E-state index contributed by atoms with van der Waals surface area (Å²) in [5.74, 6) is 4.31. The van der Waals surface area contributed by atoms with E-state index in [1.165, 1.54) is 33.4 Å². The minimum Gasteiger partial charge on any atom is -0.300 e. The molecule has 0 amide bonds. The van der Waals surface area contributed by atoms with Crippen molar-refractivity contribution in [2.24, 2.45) is 23.7 Å². The molecule has 2 nitrogen and oxygen atoms in total. The summed E-state index contributed by atoms with van der Waals surface area (Å²) in [7, 11) is 0. The predicted octanol–water partition coefficient (Wildman–Crippen LogP) is 12.2. The molecule has 56 heavy (non-hydrogen) atoms. The Hall–Kier alpha value is -5.17. The van der Waals surface area contributed by atoms with Crippen LogP contribution in [-0.4, -0.2) is 9.97 Å². The summed E-state index contributed by atoms with van der Waals surface area (Å²) in [6.07, 6.45) is 19.4. The first kappa shape index (κ1) is 34.1. The molecule has 8 aliphatic carbocycles. The van der Waals surface area contributed by atoms with Gasteiger partial charge >= 0.3 is 21.1 Å². The number of aromatic nitrogens is 2. The first-order chi connectivity index (χ1) is 27.0. The van der Waals surface area contributed by atoms with Crippen LogP contribution in [0, 0.1) is 35.8 Å². The van der Waals surface area contributed by atoms with Crippen LogP contribution in [0.2, 0.25) is 0 Å². The molecule has 0 aliphatic heterocycles. The Bertz CT molecular complexity index is 2460. The number of pyridine rings is 2. The van der Waals surface area contributed by atoms with Crippen LogP contribution in [0.1, 0.15) is 71.2 Å². The Kier molecular flexibility index (Phi) is 7.72. The van der Waals surface area contributed by atoms with E-state index in [1.54, 1.807) is 0 Å². The number of hydrogen-bond donors (Lipinski definition) is 0. The minimum absolute atomic E-state index is 0. The van der Waals surface area contributed by atoms with Gasteiger partial charge in [-0.2, -0.15) is 0 Å². The van der Waals surface area contributed by atoms with Gasteiger partial charge in [0.15, 0.2) is 0 Å². The number of allylic oxidation sites excluding steroid dienone is 8. The van der Waals surface area contributed by atoms with Gasteiger partial charge in [0.25, 0.3) is 0 Å². The zero-order valence-electron chi connectivity index (χ0n) is 31.3. The Morgan fingerprint density at radius 3 is 1.23 bits per heavy atom. The molecule has 2 aromatic heterocycles. The molecular weight excluding hydrogens is 860 g/mol. The molecule has 272 valence electrons. The summed E-state index contributed by atoms with van der Waals surface area (Å²) < 4.78 is 0. The van der Waals surface area contributed by atoms with Gasteiger partial charge in [0, 0.05) is 28.6 Å². The van der Waals surface area contributed by atoms with E-state index in [9.17, 15) is 0 Å². The van der Waals surface area contributed by atoms with E-state index in [1.807, 2.05) is 0 Å². The van der Waals surface area contributed by atoms with Crippen molar-refractivity contribution in [3.8, 4) is 44.8 Å². The Morgan fingerprint density at radius 1 is 0.446 bits per heavy atom. The summed E-state index contributed by atoms with van der Waals surface area (Å²) in [6.45, 7) is 4.55. The van der Waals surface area contributed by atoms with Crippen molar-refractivity contribution in [1.29, 1.82) is 0 Å². The normalized spacial score (nSPS) is 26.3. The van der Waals surface area contributed by atoms with Gasteiger partial charge < -0.3 is 9.97 Å². The van der Waals surface area contributed by atoms with E-state index >= 15 is 0 Å². The van der Waals surface area contributed by atoms with Gasteiger partial charge in [-0.05, 0) is 95.1 Å². The van der Waals surface area contributed by atoms with Crippen LogP contribution in [0.5, 0.6) is 0 Å². The van der Waals surface area contributed by atoms with Crippen LogP contribution in [0.25, 0.3) is 44.8 Å². The monoisotopic (exact) mass is 899 g/mol. The largest absolute Gasteiger partial charge is 2.00 e. The molecule has 6 aromatic rings. The van der Waals surface area contributed by atoms with Crippen molar-refractivity contribution in [1.82, 2.24) is 9.97 Å². The van der Waals surface area contributed by atoms with Crippen molar-refractivity contribution < 1.29 is 21.1 Å². The fourth-order valence-corrected chi connectivity index (χ4v) is 10.3. The van der Waals surface area contributed by atoms with Gasteiger partial charge in [0.1, 0.15) is 0 Å². The zero-order valence-corrected chi connectivity index (χ0v) is 33.6. The maximum absolute atomic E-state index is 5.52. The van der Waals surface area contributed by atoms with Gasteiger partial charge in [-0.1, -0.05) is 121 Å². The molecule has 14 rings (SSSR count). The van der Waals surface area contributed by atoms with Gasteiger partial charge in [0.05, 0.1) is 0 Å². The quantitative estimate of drug-likeness (QED) is 0.123. The molecule has 2 saturated carbocycles. The third-order valence-corrected chi connectivity index (χ3v) is 13.6. The molecule has 4 atom stereocenters. The van der Waals surface area contributed by atoms with Gasteiger partial charge in [-0.15, -0.1) is 69.8 Å². The predicted molar refractivity (Wildman–Crippen MR) is 222 cm³/mol. The molecule has 0 radical (unpaired) electrons. The van der Waals surface area contributed by atoms with E-state index < -0.39 is 5.41 Å². The minimum atomic E-state index is -0.535. The molecule has 2 fully saturated rings. The summed E-state index contributed by atoms with van der Waals surface area (Å²) in [6, 6.07) is 47.2. The van der Waals surface area contributed by atoms with Gasteiger partial charge in [0.2, 0.25) is 0 Å². The molecule has 8 bridgehead atoms. The van der Waals surface area contributed by atoms with Crippen molar-refractivity contribution in [3.63, 3.8) is 0 Å². The molecule has 2 heterocycles. The summed E-state index contributed by atoms with van der Waals surface area (Å²) in [5.41, 5.74) is 15.8. The van der Waals surface area contributed by atoms with E-state index in [4.69, 9.17) is 9.97 Å². The Balaban J connectivity index is 0.00000363. The second-order valence-electron chi connectivity index (χ2n) is 17.1. The van der Waals surface area contributed by atoms with Crippen molar-refractivity contribution in [2.75, 3.05) is 0 Å². The van der Waals surface area contributed by atoms with E-state index in [0.717, 1.165) is 45.0 Å². The van der Waals surface area contributed by atoms with Crippen LogP contribution < -0.4 is 0 Å². The Labute approximate surface area is 344 Å². The molecule has 3 heteroatoms. The molecular formula is C53H40N2Pt. The average Bonchev–Trinajstić information content (AvgIpc) is 4.13. The second kappa shape index (κ2) is 12.7. The van der Waals surface area contributed by atoms with E-state index in [2.05, 4.69) is 184 Å². The van der Waals surface area contributed by atoms with Crippen LogP contribution in [0.4, 0.5) is 0 Å². The molecule has 4 unspecified atom stereocenters. The number of benzene rings is 4. The Morgan fingerprint density at radius 2 is 0.839 bits per heavy atom. The van der Waals surface area contributed by atoms with Crippen molar-refractivity contribution >= 4 is 0 Å². The molecule has 4 aromatic carbocycles. The molecule has 0 N–H and O–H groups in total. The fraction of sp³-hybridized carbons (Fsp3) is 0.208. The fourth-order valence-electron chi connectivity index (χ4n) is 10.3. The molecule has 0 saturated heterocycles. The maximum atomic E-state index is 5.52. The summed E-state index contributed by atoms with van der Waals surface area (Å²) in [5, 5.41) is 0.